The summed E-state index contributed by atoms with van der Waals surface area (Å²) in [5.41, 5.74) is 1.58. The SMILES string of the molecule is O=C(NCc1ccccc1Cl)c1sc(=S)n2c1[nH]c(=O)c1cc(Br)ccc12. The minimum Gasteiger partial charge on any atom is -0.347 e. The standard InChI is InChI=1S/C18H11BrClN3O2S2/c19-10-5-6-13-11(7-10)16(24)22-15-14(27-18(26)23(13)15)17(25)21-8-9-3-1-2-4-12(9)20/h1-7H,8H2,(H,21,25)(H,22,24). The quantitative estimate of drug-likeness (QED) is 0.409. The zero-order valence-electron chi connectivity index (χ0n) is 13.6. The number of H-pyrrole nitrogens is 1. The molecule has 0 unspecified atom stereocenters. The maximum Gasteiger partial charge on any atom is 0.265 e. The summed E-state index contributed by atoms with van der Waals surface area (Å²) in [4.78, 5) is 28.3. The number of carbonyl (C=O) groups excluding carboxylic acids is 1. The highest BCUT2D eigenvalue weighted by molar-refractivity contribution is 9.10. The molecule has 9 heteroatoms. The van der Waals surface area contributed by atoms with Crippen LogP contribution in [-0.4, -0.2) is 15.3 Å². The van der Waals surface area contributed by atoms with Crippen LogP contribution in [0.15, 0.2) is 51.7 Å². The highest BCUT2D eigenvalue weighted by Gasteiger charge is 2.18. The van der Waals surface area contributed by atoms with Crippen LogP contribution >= 0.6 is 51.1 Å². The lowest BCUT2D eigenvalue weighted by Gasteiger charge is -2.07. The van der Waals surface area contributed by atoms with Crippen molar-refractivity contribution in [3.63, 3.8) is 0 Å². The van der Waals surface area contributed by atoms with Crippen LogP contribution in [0.3, 0.4) is 0 Å². The molecule has 2 aromatic carbocycles. The van der Waals surface area contributed by atoms with Crippen molar-refractivity contribution in [2.24, 2.45) is 0 Å². The first-order chi connectivity index (χ1) is 13.0. The van der Waals surface area contributed by atoms with Gasteiger partial charge in [0.25, 0.3) is 11.5 Å². The summed E-state index contributed by atoms with van der Waals surface area (Å²) in [6.45, 7) is 0.278. The number of benzene rings is 2. The molecule has 0 spiro atoms. The molecule has 4 rings (SSSR count). The van der Waals surface area contributed by atoms with E-state index in [0.29, 0.717) is 30.4 Å². The third-order valence-electron chi connectivity index (χ3n) is 4.09. The molecule has 136 valence electrons. The fourth-order valence-electron chi connectivity index (χ4n) is 2.82. The summed E-state index contributed by atoms with van der Waals surface area (Å²) in [5, 5.41) is 3.91. The number of aromatic amines is 1. The Labute approximate surface area is 175 Å². The summed E-state index contributed by atoms with van der Waals surface area (Å²) >= 11 is 16.1. The fourth-order valence-corrected chi connectivity index (χ4v) is 4.68. The number of halogens is 2. The predicted octanol–water partition coefficient (Wildman–Crippen LogP) is 4.92. The van der Waals surface area contributed by atoms with Gasteiger partial charge >= 0.3 is 0 Å². The highest BCUT2D eigenvalue weighted by atomic mass is 79.9. The second-order valence-electron chi connectivity index (χ2n) is 5.77. The van der Waals surface area contributed by atoms with Crippen molar-refractivity contribution in [3.05, 3.63) is 76.7 Å². The molecule has 27 heavy (non-hydrogen) atoms. The lowest BCUT2D eigenvalue weighted by molar-refractivity contribution is 0.0956. The van der Waals surface area contributed by atoms with Crippen molar-refractivity contribution in [1.29, 1.82) is 0 Å². The number of thiazole rings is 1. The molecule has 0 atom stereocenters. The van der Waals surface area contributed by atoms with E-state index in [1.165, 1.54) is 0 Å². The van der Waals surface area contributed by atoms with Gasteiger partial charge in [0.1, 0.15) is 10.5 Å². The summed E-state index contributed by atoms with van der Waals surface area (Å²) in [5.74, 6) is -0.319. The van der Waals surface area contributed by atoms with Crippen LogP contribution in [0.1, 0.15) is 15.2 Å². The van der Waals surface area contributed by atoms with Crippen molar-refractivity contribution in [1.82, 2.24) is 14.7 Å². The van der Waals surface area contributed by atoms with Crippen LogP contribution in [0, 0.1) is 3.95 Å². The molecule has 0 aliphatic rings. The molecule has 0 fully saturated rings. The van der Waals surface area contributed by atoms with E-state index < -0.39 is 0 Å². The van der Waals surface area contributed by atoms with Crippen molar-refractivity contribution in [3.8, 4) is 0 Å². The second-order valence-corrected chi connectivity index (χ2v) is 8.74. The average molecular weight is 481 g/mol. The van der Waals surface area contributed by atoms with Gasteiger partial charge in [-0.1, -0.05) is 57.1 Å². The van der Waals surface area contributed by atoms with Gasteiger partial charge < -0.3 is 10.3 Å². The Morgan fingerprint density at radius 1 is 1.30 bits per heavy atom. The zero-order chi connectivity index (χ0) is 19.1. The van der Waals surface area contributed by atoms with E-state index >= 15 is 0 Å². The van der Waals surface area contributed by atoms with E-state index in [1.54, 1.807) is 22.6 Å². The summed E-state index contributed by atoms with van der Waals surface area (Å²) in [6.07, 6.45) is 0. The van der Waals surface area contributed by atoms with Crippen LogP contribution in [0.4, 0.5) is 0 Å². The molecule has 0 aliphatic heterocycles. The largest absolute Gasteiger partial charge is 0.347 e. The molecule has 2 aromatic heterocycles. The fraction of sp³-hybridized carbons (Fsp3) is 0.0556. The number of carbonyl (C=O) groups is 1. The number of rotatable bonds is 3. The van der Waals surface area contributed by atoms with Gasteiger partial charge in [-0.2, -0.15) is 0 Å². The van der Waals surface area contributed by atoms with Crippen molar-refractivity contribution < 1.29 is 4.79 Å². The average Bonchev–Trinajstić information content (AvgIpc) is 2.97. The molecule has 2 N–H and O–H groups in total. The van der Waals surface area contributed by atoms with Crippen LogP contribution in [0.2, 0.25) is 5.02 Å². The zero-order valence-corrected chi connectivity index (χ0v) is 17.6. The maximum absolute atomic E-state index is 12.7. The smallest absolute Gasteiger partial charge is 0.265 e. The van der Waals surface area contributed by atoms with E-state index in [4.69, 9.17) is 23.8 Å². The molecule has 2 heterocycles. The minimum atomic E-state index is -0.319. The van der Waals surface area contributed by atoms with Gasteiger partial charge in [-0.15, -0.1) is 0 Å². The molecular formula is C18H11BrClN3O2S2. The number of fused-ring (bicyclic) bond motifs is 3. The molecule has 0 radical (unpaired) electrons. The lowest BCUT2D eigenvalue weighted by Crippen LogP contribution is -2.23. The van der Waals surface area contributed by atoms with E-state index in [0.717, 1.165) is 21.4 Å². The molecule has 0 saturated carbocycles. The van der Waals surface area contributed by atoms with E-state index in [9.17, 15) is 9.59 Å². The molecule has 4 aromatic rings. The molecule has 1 amide bonds. The molecular weight excluding hydrogens is 470 g/mol. The number of nitrogens with zero attached hydrogens (tertiary/aromatic N) is 1. The summed E-state index contributed by atoms with van der Waals surface area (Å²) in [7, 11) is 0. The highest BCUT2D eigenvalue weighted by Crippen LogP contribution is 2.24. The number of hydrogen-bond acceptors (Lipinski definition) is 4. The second kappa shape index (κ2) is 7.20. The van der Waals surface area contributed by atoms with Crippen molar-refractivity contribution >= 4 is 73.5 Å². The summed E-state index contributed by atoms with van der Waals surface area (Å²) < 4.78 is 2.99. The molecule has 5 nitrogen and oxygen atoms in total. The van der Waals surface area contributed by atoms with Gasteiger partial charge in [0.15, 0.2) is 3.95 Å². The topological polar surface area (TPSA) is 66.4 Å². The number of nitrogens with one attached hydrogen (secondary N) is 2. The van der Waals surface area contributed by atoms with Crippen LogP contribution in [0.25, 0.3) is 16.6 Å². The number of hydrogen-bond donors (Lipinski definition) is 2. The first-order valence-electron chi connectivity index (χ1n) is 7.84. The van der Waals surface area contributed by atoms with Crippen molar-refractivity contribution in [2.75, 3.05) is 0 Å². The first-order valence-corrected chi connectivity index (χ1v) is 10.2. The van der Waals surface area contributed by atoms with Gasteiger partial charge in [-0.3, -0.25) is 14.0 Å². The van der Waals surface area contributed by atoms with Crippen LogP contribution in [-0.2, 0) is 6.54 Å². The number of amides is 1. The molecule has 0 saturated heterocycles. The number of aromatic nitrogens is 2. The van der Waals surface area contributed by atoms with Crippen LogP contribution in [0.5, 0.6) is 0 Å². The Hall–Kier alpha value is -2.00. The lowest BCUT2D eigenvalue weighted by atomic mass is 10.2. The maximum atomic E-state index is 12.7. The Kier molecular flexibility index (Phi) is 4.90. The Bertz CT molecular complexity index is 1330. The van der Waals surface area contributed by atoms with E-state index in [-0.39, 0.29) is 18.0 Å². The third kappa shape index (κ3) is 3.34. The van der Waals surface area contributed by atoms with Gasteiger partial charge in [0.2, 0.25) is 0 Å². The third-order valence-corrected chi connectivity index (χ3v) is 6.32. The van der Waals surface area contributed by atoms with E-state index in [1.807, 2.05) is 24.3 Å². The Balaban J connectivity index is 1.79. The first kappa shape index (κ1) is 18.4. The monoisotopic (exact) mass is 479 g/mol. The minimum absolute atomic E-state index is 0.278. The molecule has 0 aliphatic carbocycles. The Morgan fingerprint density at radius 2 is 2.07 bits per heavy atom. The van der Waals surface area contributed by atoms with Gasteiger partial charge in [0, 0.05) is 16.0 Å². The predicted molar refractivity (Wildman–Crippen MR) is 115 cm³/mol. The van der Waals surface area contributed by atoms with E-state index in [2.05, 4.69) is 26.2 Å². The van der Waals surface area contributed by atoms with Crippen molar-refractivity contribution in [2.45, 2.75) is 6.54 Å². The van der Waals surface area contributed by atoms with Gasteiger partial charge in [-0.05, 0) is 42.0 Å². The van der Waals surface area contributed by atoms with Gasteiger partial charge in [-0.25, -0.2) is 0 Å². The summed E-state index contributed by atoms with van der Waals surface area (Å²) in [6, 6.07) is 12.7. The Morgan fingerprint density at radius 3 is 2.85 bits per heavy atom. The van der Waals surface area contributed by atoms with Gasteiger partial charge in [0.05, 0.1) is 10.9 Å². The normalized spacial score (nSPS) is 11.2. The molecule has 0 bridgehead atoms. The van der Waals surface area contributed by atoms with Crippen LogP contribution < -0.4 is 10.9 Å².